The van der Waals surface area contributed by atoms with Gasteiger partial charge < -0.3 is 15.0 Å². The molecule has 0 bridgehead atoms. The second-order valence-corrected chi connectivity index (χ2v) is 6.30. The van der Waals surface area contributed by atoms with Crippen molar-refractivity contribution in [3.63, 3.8) is 0 Å². The molecule has 0 amide bonds. The molecule has 7 nitrogen and oxygen atoms in total. The number of nitrogens with one attached hydrogen (secondary N) is 2. The molecule has 0 aliphatic carbocycles. The molecule has 3 aromatic heterocycles. The Hall–Kier alpha value is -4.26. The quantitative estimate of drug-likeness (QED) is 0.448. The first-order chi connectivity index (χ1) is 14.3. The first kappa shape index (κ1) is 16.9. The molecule has 140 valence electrons. The predicted octanol–water partition coefficient (Wildman–Crippen LogP) is 4.95. The third kappa shape index (κ3) is 3.61. The zero-order valence-corrected chi connectivity index (χ0v) is 15.3. The molecule has 0 spiro atoms. The maximum atomic E-state index is 5.99. The van der Waals surface area contributed by atoms with Crippen LogP contribution in [0.4, 0.5) is 11.6 Å². The molecule has 29 heavy (non-hydrogen) atoms. The highest BCUT2D eigenvalue weighted by molar-refractivity contribution is 5.78. The lowest BCUT2D eigenvalue weighted by molar-refractivity contribution is 0.465. The van der Waals surface area contributed by atoms with E-state index in [1.54, 1.807) is 12.4 Å². The molecule has 0 saturated heterocycles. The number of nitrogens with zero attached hydrogens (tertiary/aromatic N) is 4. The normalized spacial score (nSPS) is 10.8. The lowest BCUT2D eigenvalue weighted by Crippen LogP contribution is -1.94. The minimum Gasteiger partial charge on any atom is -0.438 e. The number of anilines is 2. The maximum absolute atomic E-state index is 5.99. The summed E-state index contributed by atoms with van der Waals surface area (Å²) in [5.41, 5.74) is 4.36. The van der Waals surface area contributed by atoms with Crippen molar-refractivity contribution in [3.8, 4) is 22.9 Å². The summed E-state index contributed by atoms with van der Waals surface area (Å²) in [6.45, 7) is 0. The summed E-state index contributed by atoms with van der Waals surface area (Å²) >= 11 is 0. The van der Waals surface area contributed by atoms with Crippen LogP contribution in [0.1, 0.15) is 0 Å². The molecule has 5 rings (SSSR count). The van der Waals surface area contributed by atoms with E-state index in [2.05, 4.69) is 30.2 Å². The lowest BCUT2D eigenvalue weighted by atomic mass is 10.2. The van der Waals surface area contributed by atoms with Crippen LogP contribution in [0.3, 0.4) is 0 Å². The number of benzene rings is 2. The minimum absolute atomic E-state index is 0.490. The van der Waals surface area contributed by atoms with Crippen molar-refractivity contribution in [2.75, 3.05) is 5.32 Å². The van der Waals surface area contributed by atoms with Gasteiger partial charge in [-0.05, 0) is 54.6 Å². The van der Waals surface area contributed by atoms with Crippen LogP contribution in [-0.2, 0) is 0 Å². The highest BCUT2D eigenvalue weighted by Crippen LogP contribution is 2.30. The van der Waals surface area contributed by atoms with Crippen LogP contribution in [-0.4, -0.2) is 24.9 Å². The van der Waals surface area contributed by atoms with Crippen LogP contribution in [0.5, 0.6) is 11.6 Å². The van der Waals surface area contributed by atoms with E-state index in [0.29, 0.717) is 17.6 Å². The summed E-state index contributed by atoms with van der Waals surface area (Å²) in [6, 6.07) is 21.1. The van der Waals surface area contributed by atoms with E-state index in [-0.39, 0.29) is 0 Å². The zero-order chi connectivity index (χ0) is 19.5. The van der Waals surface area contributed by atoms with Crippen LogP contribution in [0, 0.1) is 0 Å². The summed E-state index contributed by atoms with van der Waals surface area (Å²) < 4.78 is 5.99. The van der Waals surface area contributed by atoms with Crippen LogP contribution in [0.25, 0.3) is 22.3 Å². The highest BCUT2D eigenvalue weighted by Gasteiger charge is 2.10. The molecule has 2 N–H and O–H groups in total. The van der Waals surface area contributed by atoms with Gasteiger partial charge in [-0.15, -0.1) is 0 Å². The molecule has 5 aromatic rings. The lowest BCUT2D eigenvalue weighted by Gasteiger charge is -2.10. The minimum atomic E-state index is 0.490. The van der Waals surface area contributed by atoms with Gasteiger partial charge in [0.25, 0.3) is 0 Å². The molecule has 2 aromatic carbocycles. The topological polar surface area (TPSA) is 88.6 Å². The Labute approximate surface area is 166 Å². The van der Waals surface area contributed by atoms with Crippen LogP contribution >= 0.6 is 0 Å². The number of aromatic amines is 1. The molecule has 0 saturated carbocycles. The molecule has 0 unspecified atom stereocenters. The van der Waals surface area contributed by atoms with Gasteiger partial charge in [-0.1, -0.05) is 12.1 Å². The first-order valence-corrected chi connectivity index (χ1v) is 9.06. The van der Waals surface area contributed by atoms with Crippen molar-refractivity contribution in [1.29, 1.82) is 0 Å². The van der Waals surface area contributed by atoms with Gasteiger partial charge in [-0.3, -0.25) is 0 Å². The Morgan fingerprint density at radius 2 is 1.72 bits per heavy atom. The third-order valence-electron chi connectivity index (χ3n) is 4.35. The maximum Gasteiger partial charge on any atom is 0.228 e. The fraction of sp³-hybridized carbons (Fsp3) is 0. The number of ether oxygens (including phenoxy) is 1. The van der Waals surface area contributed by atoms with Crippen molar-refractivity contribution < 1.29 is 4.74 Å². The number of hydrogen-bond donors (Lipinski definition) is 2. The van der Waals surface area contributed by atoms with E-state index in [9.17, 15) is 0 Å². The number of para-hydroxylation sites is 2. The van der Waals surface area contributed by atoms with E-state index < -0.39 is 0 Å². The van der Waals surface area contributed by atoms with Gasteiger partial charge in [-0.25, -0.2) is 19.9 Å². The first-order valence-electron chi connectivity index (χ1n) is 9.06. The van der Waals surface area contributed by atoms with Gasteiger partial charge in [0, 0.05) is 18.1 Å². The average Bonchev–Trinajstić information content (AvgIpc) is 3.18. The Bertz CT molecular complexity index is 1220. The SMILES string of the molecule is c1cnc(Oc2ccc(Nc3nc4ccccc4[nH]3)cc2)c(-c2ccncn2)c1. The van der Waals surface area contributed by atoms with Gasteiger partial charge >= 0.3 is 0 Å². The van der Waals surface area contributed by atoms with E-state index in [0.717, 1.165) is 28.0 Å². The number of rotatable bonds is 5. The standard InChI is InChI=1S/C22H16N6O/c1-2-6-20-19(5-1)27-22(28-20)26-15-7-9-16(10-8-15)29-21-17(4-3-12-24-21)18-11-13-23-14-25-18/h1-14H,(H2,26,27,28). The van der Waals surface area contributed by atoms with Crippen LogP contribution in [0.2, 0.25) is 0 Å². The van der Waals surface area contributed by atoms with Gasteiger partial charge in [-0.2, -0.15) is 0 Å². The van der Waals surface area contributed by atoms with Crippen molar-refractivity contribution in [2.45, 2.75) is 0 Å². The molecular formula is C22H16N6O. The van der Waals surface area contributed by atoms with Crippen molar-refractivity contribution >= 4 is 22.7 Å². The number of hydrogen-bond acceptors (Lipinski definition) is 6. The molecular weight excluding hydrogens is 364 g/mol. The highest BCUT2D eigenvalue weighted by atomic mass is 16.5. The molecule has 0 aliphatic rings. The summed E-state index contributed by atoms with van der Waals surface area (Å²) in [5, 5.41) is 3.27. The Morgan fingerprint density at radius 3 is 2.55 bits per heavy atom. The van der Waals surface area contributed by atoms with Gasteiger partial charge in [0.05, 0.1) is 22.3 Å². The molecule has 0 aliphatic heterocycles. The number of aromatic nitrogens is 5. The van der Waals surface area contributed by atoms with Crippen molar-refractivity contribution in [1.82, 2.24) is 24.9 Å². The van der Waals surface area contributed by atoms with Gasteiger partial charge in [0.1, 0.15) is 12.1 Å². The smallest absolute Gasteiger partial charge is 0.228 e. The fourth-order valence-corrected chi connectivity index (χ4v) is 2.98. The van der Waals surface area contributed by atoms with Gasteiger partial charge in [0.15, 0.2) is 0 Å². The van der Waals surface area contributed by atoms with Crippen molar-refractivity contribution in [3.05, 3.63) is 85.5 Å². The van der Waals surface area contributed by atoms with Crippen molar-refractivity contribution in [2.24, 2.45) is 0 Å². The largest absolute Gasteiger partial charge is 0.438 e. The van der Waals surface area contributed by atoms with E-state index in [4.69, 9.17) is 4.74 Å². The van der Waals surface area contributed by atoms with Crippen LogP contribution in [0.15, 0.2) is 85.5 Å². The molecule has 3 heterocycles. The molecule has 0 radical (unpaired) electrons. The Balaban J connectivity index is 1.35. The summed E-state index contributed by atoms with van der Waals surface area (Å²) in [6.07, 6.45) is 4.89. The summed E-state index contributed by atoms with van der Waals surface area (Å²) in [5.74, 6) is 1.86. The number of H-pyrrole nitrogens is 1. The number of pyridine rings is 1. The number of imidazole rings is 1. The molecule has 0 atom stereocenters. The Kier molecular flexibility index (Phi) is 4.31. The Morgan fingerprint density at radius 1 is 0.828 bits per heavy atom. The van der Waals surface area contributed by atoms with Crippen LogP contribution < -0.4 is 10.1 Å². The number of fused-ring (bicyclic) bond motifs is 1. The molecule has 7 heteroatoms. The van der Waals surface area contributed by atoms with E-state index in [1.165, 1.54) is 6.33 Å². The summed E-state index contributed by atoms with van der Waals surface area (Å²) in [7, 11) is 0. The average molecular weight is 380 g/mol. The van der Waals surface area contributed by atoms with Gasteiger partial charge in [0.2, 0.25) is 11.8 Å². The zero-order valence-electron chi connectivity index (χ0n) is 15.3. The van der Waals surface area contributed by atoms with E-state index in [1.807, 2.05) is 66.7 Å². The van der Waals surface area contributed by atoms with E-state index >= 15 is 0 Å². The third-order valence-corrected chi connectivity index (χ3v) is 4.35. The second kappa shape index (κ2) is 7.40. The summed E-state index contributed by atoms with van der Waals surface area (Å²) in [4.78, 5) is 20.4. The fourth-order valence-electron chi connectivity index (χ4n) is 2.98. The molecule has 0 fully saturated rings. The predicted molar refractivity (Wildman–Crippen MR) is 111 cm³/mol. The monoisotopic (exact) mass is 380 g/mol. The second-order valence-electron chi connectivity index (χ2n) is 6.30.